The average molecular weight is 287 g/mol. The molecule has 100 valence electrons. The van der Waals surface area contributed by atoms with Crippen molar-refractivity contribution in [2.75, 3.05) is 5.32 Å². The Balaban J connectivity index is 2.18. The minimum Gasteiger partial charge on any atom is -0.508 e. The number of nitrogens with two attached hydrogens (primary N) is 1. The highest BCUT2D eigenvalue weighted by Crippen LogP contribution is 2.36. The van der Waals surface area contributed by atoms with Crippen molar-refractivity contribution < 1.29 is 9.90 Å². The third-order valence-corrected chi connectivity index (χ3v) is 3.41. The second-order valence-electron chi connectivity index (χ2n) is 4.48. The SMILES string of the molecule is N/C(=C1\C(=O)Nc2ccc(Cl)cc21)c1ccc(O)cc1. The maximum Gasteiger partial charge on any atom is 0.258 e. The second-order valence-corrected chi connectivity index (χ2v) is 4.92. The zero-order valence-corrected chi connectivity index (χ0v) is 11.1. The lowest BCUT2D eigenvalue weighted by Crippen LogP contribution is -2.09. The number of hydrogen-bond donors (Lipinski definition) is 3. The van der Waals surface area contributed by atoms with Crippen LogP contribution in [0.25, 0.3) is 11.3 Å². The van der Waals surface area contributed by atoms with Crippen LogP contribution in [-0.2, 0) is 4.79 Å². The minimum absolute atomic E-state index is 0.144. The fourth-order valence-electron chi connectivity index (χ4n) is 2.19. The Hall–Kier alpha value is -2.46. The largest absolute Gasteiger partial charge is 0.508 e. The first-order valence-electron chi connectivity index (χ1n) is 5.96. The number of amides is 1. The number of nitrogens with one attached hydrogen (secondary N) is 1. The Kier molecular flexibility index (Phi) is 2.88. The number of rotatable bonds is 1. The number of anilines is 1. The predicted molar refractivity (Wildman–Crippen MR) is 79.2 cm³/mol. The summed E-state index contributed by atoms with van der Waals surface area (Å²) < 4.78 is 0. The van der Waals surface area contributed by atoms with E-state index < -0.39 is 0 Å². The van der Waals surface area contributed by atoms with Gasteiger partial charge in [0.25, 0.3) is 5.91 Å². The normalized spacial score (nSPS) is 15.8. The van der Waals surface area contributed by atoms with Gasteiger partial charge in [0.05, 0.1) is 11.3 Å². The van der Waals surface area contributed by atoms with Gasteiger partial charge in [-0.1, -0.05) is 11.6 Å². The van der Waals surface area contributed by atoms with E-state index in [2.05, 4.69) is 5.32 Å². The number of fused-ring (bicyclic) bond motifs is 1. The average Bonchev–Trinajstić information content (AvgIpc) is 2.74. The zero-order valence-electron chi connectivity index (χ0n) is 10.4. The van der Waals surface area contributed by atoms with Crippen molar-refractivity contribution >= 4 is 34.5 Å². The van der Waals surface area contributed by atoms with Gasteiger partial charge >= 0.3 is 0 Å². The topological polar surface area (TPSA) is 75.4 Å². The molecule has 5 heteroatoms. The lowest BCUT2D eigenvalue weighted by atomic mass is 10.0. The van der Waals surface area contributed by atoms with Crippen LogP contribution in [0.4, 0.5) is 5.69 Å². The number of halogens is 1. The Labute approximate surface area is 120 Å². The van der Waals surface area contributed by atoms with E-state index in [4.69, 9.17) is 17.3 Å². The van der Waals surface area contributed by atoms with Gasteiger partial charge < -0.3 is 16.2 Å². The first kappa shape index (κ1) is 12.6. The van der Waals surface area contributed by atoms with Crippen molar-refractivity contribution in [3.05, 3.63) is 58.6 Å². The molecule has 0 saturated carbocycles. The van der Waals surface area contributed by atoms with E-state index in [9.17, 15) is 9.90 Å². The number of phenols is 1. The molecular formula is C15H11ClN2O2. The van der Waals surface area contributed by atoms with E-state index in [1.54, 1.807) is 30.3 Å². The summed E-state index contributed by atoms with van der Waals surface area (Å²) in [6.07, 6.45) is 0. The smallest absolute Gasteiger partial charge is 0.258 e. The Morgan fingerprint density at radius 3 is 2.55 bits per heavy atom. The number of carbonyl (C=O) groups excluding carboxylic acids is 1. The van der Waals surface area contributed by atoms with Crippen molar-refractivity contribution in [1.82, 2.24) is 0 Å². The summed E-state index contributed by atoms with van der Waals surface area (Å²) in [6.45, 7) is 0. The van der Waals surface area contributed by atoms with Gasteiger partial charge in [-0.25, -0.2) is 0 Å². The summed E-state index contributed by atoms with van der Waals surface area (Å²) in [5.74, 6) is -0.112. The first-order chi connectivity index (χ1) is 9.56. The number of aromatic hydroxyl groups is 1. The molecule has 0 radical (unpaired) electrons. The molecule has 0 fully saturated rings. The van der Waals surface area contributed by atoms with E-state index in [0.717, 1.165) is 0 Å². The van der Waals surface area contributed by atoms with Crippen LogP contribution in [-0.4, -0.2) is 11.0 Å². The molecule has 2 aromatic rings. The van der Waals surface area contributed by atoms with Crippen molar-refractivity contribution in [2.45, 2.75) is 0 Å². The highest BCUT2D eigenvalue weighted by atomic mass is 35.5. The van der Waals surface area contributed by atoms with Crippen molar-refractivity contribution in [1.29, 1.82) is 0 Å². The summed E-state index contributed by atoms with van der Waals surface area (Å²) in [6, 6.07) is 11.5. The molecular weight excluding hydrogens is 276 g/mol. The number of benzene rings is 2. The third-order valence-electron chi connectivity index (χ3n) is 3.17. The van der Waals surface area contributed by atoms with E-state index in [-0.39, 0.29) is 11.7 Å². The Morgan fingerprint density at radius 1 is 1.15 bits per heavy atom. The lowest BCUT2D eigenvalue weighted by Gasteiger charge is -2.06. The highest BCUT2D eigenvalue weighted by molar-refractivity contribution is 6.38. The van der Waals surface area contributed by atoms with Crippen LogP contribution >= 0.6 is 11.6 Å². The summed E-state index contributed by atoms with van der Waals surface area (Å²) in [5.41, 5.74) is 8.89. The molecule has 0 saturated heterocycles. The molecule has 2 aromatic carbocycles. The van der Waals surface area contributed by atoms with Crippen LogP contribution in [0.15, 0.2) is 42.5 Å². The maximum absolute atomic E-state index is 12.1. The molecule has 0 spiro atoms. The molecule has 4 nitrogen and oxygen atoms in total. The summed E-state index contributed by atoms with van der Waals surface area (Å²) in [5, 5.41) is 12.6. The van der Waals surface area contributed by atoms with E-state index in [1.807, 2.05) is 0 Å². The number of carbonyl (C=O) groups is 1. The van der Waals surface area contributed by atoms with Crippen LogP contribution in [0.3, 0.4) is 0 Å². The Bertz CT molecular complexity index is 736. The molecule has 1 aliphatic heterocycles. The van der Waals surface area contributed by atoms with Crippen LogP contribution in [0, 0.1) is 0 Å². The van der Waals surface area contributed by atoms with Crippen LogP contribution < -0.4 is 11.1 Å². The molecule has 0 aromatic heterocycles. The van der Waals surface area contributed by atoms with Gasteiger partial charge in [-0.2, -0.15) is 0 Å². The molecule has 3 rings (SSSR count). The predicted octanol–water partition coefficient (Wildman–Crippen LogP) is 2.82. The standard InChI is InChI=1S/C15H11ClN2O2/c16-9-3-6-12-11(7-9)13(15(20)18-12)14(17)8-1-4-10(19)5-2-8/h1-7,19H,17H2,(H,18,20)/b14-13-. The minimum atomic E-state index is -0.257. The van der Waals surface area contributed by atoms with Gasteiger partial charge in [0.2, 0.25) is 0 Å². The first-order valence-corrected chi connectivity index (χ1v) is 6.34. The molecule has 0 aliphatic carbocycles. The van der Waals surface area contributed by atoms with Crippen LogP contribution in [0.5, 0.6) is 5.75 Å². The van der Waals surface area contributed by atoms with Gasteiger partial charge in [-0.3, -0.25) is 4.79 Å². The molecule has 1 amide bonds. The van der Waals surface area contributed by atoms with Crippen molar-refractivity contribution in [3.63, 3.8) is 0 Å². The lowest BCUT2D eigenvalue weighted by molar-refractivity contribution is -0.110. The molecule has 4 N–H and O–H groups in total. The molecule has 0 unspecified atom stereocenters. The molecule has 1 heterocycles. The van der Waals surface area contributed by atoms with Crippen LogP contribution in [0.2, 0.25) is 5.02 Å². The zero-order chi connectivity index (χ0) is 14.3. The van der Waals surface area contributed by atoms with Crippen molar-refractivity contribution in [2.24, 2.45) is 5.73 Å². The fourth-order valence-corrected chi connectivity index (χ4v) is 2.36. The number of phenolic OH excluding ortho intramolecular Hbond substituents is 1. The van der Waals surface area contributed by atoms with Gasteiger partial charge in [0.15, 0.2) is 0 Å². The van der Waals surface area contributed by atoms with Gasteiger partial charge in [-0.15, -0.1) is 0 Å². The van der Waals surface area contributed by atoms with E-state index in [1.165, 1.54) is 12.1 Å². The number of hydrogen-bond acceptors (Lipinski definition) is 3. The summed E-state index contributed by atoms with van der Waals surface area (Å²) >= 11 is 5.97. The molecule has 20 heavy (non-hydrogen) atoms. The third kappa shape index (κ3) is 2.00. The summed E-state index contributed by atoms with van der Waals surface area (Å²) in [4.78, 5) is 12.1. The Morgan fingerprint density at radius 2 is 1.85 bits per heavy atom. The van der Waals surface area contributed by atoms with Gasteiger partial charge in [0, 0.05) is 16.3 Å². The molecule has 0 bridgehead atoms. The monoisotopic (exact) mass is 286 g/mol. The maximum atomic E-state index is 12.1. The van der Waals surface area contributed by atoms with E-state index in [0.29, 0.717) is 33.1 Å². The fraction of sp³-hybridized carbons (Fsp3) is 0. The second kappa shape index (κ2) is 4.58. The molecule has 0 atom stereocenters. The quantitative estimate of drug-likeness (QED) is 0.706. The van der Waals surface area contributed by atoms with E-state index >= 15 is 0 Å². The van der Waals surface area contributed by atoms with Crippen LogP contribution in [0.1, 0.15) is 11.1 Å². The van der Waals surface area contributed by atoms with Gasteiger partial charge in [-0.05, 0) is 48.0 Å². The summed E-state index contributed by atoms with van der Waals surface area (Å²) in [7, 11) is 0. The van der Waals surface area contributed by atoms with Gasteiger partial charge in [0.1, 0.15) is 5.75 Å². The molecule has 1 aliphatic rings. The van der Waals surface area contributed by atoms with Crippen molar-refractivity contribution in [3.8, 4) is 5.75 Å². The highest BCUT2D eigenvalue weighted by Gasteiger charge is 2.27.